The topological polar surface area (TPSA) is 68.0 Å². The first-order chi connectivity index (χ1) is 8.58. The summed E-state index contributed by atoms with van der Waals surface area (Å²) < 4.78 is 13.6. The van der Waals surface area contributed by atoms with Gasteiger partial charge in [0.2, 0.25) is 0 Å². The van der Waals surface area contributed by atoms with Crippen LogP contribution in [-0.2, 0) is 0 Å². The molecule has 5 heteroatoms. The molecule has 3 N–H and O–H groups in total. The molecule has 1 aliphatic carbocycles. The van der Waals surface area contributed by atoms with Gasteiger partial charge in [0, 0.05) is 12.2 Å². The van der Waals surface area contributed by atoms with Crippen LogP contribution in [0.25, 0.3) is 0 Å². The van der Waals surface area contributed by atoms with E-state index in [-0.39, 0.29) is 17.4 Å². The minimum Gasteiger partial charge on any atom is -0.381 e. The van der Waals surface area contributed by atoms with Crippen molar-refractivity contribution in [3.63, 3.8) is 0 Å². The highest BCUT2D eigenvalue weighted by Gasteiger charge is 2.22. The predicted octanol–water partition coefficient (Wildman–Crippen LogP) is 2.11. The van der Waals surface area contributed by atoms with Gasteiger partial charge < -0.3 is 11.1 Å². The van der Waals surface area contributed by atoms with Gasteiger partial charge in [-0.1, -0.05) is 6.92 Å². The minimum atomic E-state index is -0.737. The van der Waals surface area contributed by atoms with E-state index in [1.165, 1.54) is 12.3 Å². The zero-order valence-electron chi connectivity index (χ0n) is 10.4. The second kappa shape index (κ2) is 5.33. The Morgan fingerprint density at radius 2 is 2.11 bits per heavy atom. The maximum Gasteiger partial charge on any atom is 0.254 e. The molecular formula is C13H18FN3O. The number of aromatic nitrogens is 1. The summed E-state index contributed by atoms with van der Waals surface area (Å²) in [5, 5.41) is 2.86. The Bertz CT molecular complexity index is 442. The summed E-state index contributed by atoms with van der Waals surface area (Å²) in [5.74, 6) is -0.660. The lowest BCUT2D eigenvalue weighted by molar-refractivity contribution is 0.0919. The molecule has 1 saturated carbocycles. The fourth-order valence-electron chi connectivity index (χ4n) is 2.30. The number of nitrogens with one attached hydrogen (secondary N) is 1. The Balaban J connectivity index is 2.01. The number of amides is 1. The van der Waals surface area contributed by atoms with Crippen molar-refractivity contribution in [2.24, 2.45) is 5.92 Å². The number of halogens is 1. The van der Waals surface area contributed by atoms with Gasteiger partial charge in [-0.15, -0.1) is 0 Å². The van der Waals surface area contributed by atoms with Crippen molar-refractivity contribution in [1.82, 2.24) is 10.3 Å². The number of hydrogen-bond acceptors (Lipinski definition) is 3. The summed E-state index contributed by atoms with van der Waals surface area (Å²) in [6.07, 6.45) is 5.46. The van der Waals surface area contributed by atoms with Gasteiger partial charge in [-0.3, -0.25) is 4.79 Å². The second-order valence-electron chi connectivity index (χ2n) is 4.99. The number of anilines is 1. The van der Waals surface area contributed by atoms with E-state index in [1.807, 2.05) is 0 Å². The predicted molar refractivity (Wildman–Crippen MR) is 67.5 cm³/mol. The zero-order valence-corrected chi connectivity index (χ0v) is 10.4. The fraction of sp³-hybridized carbons (Fsp3) is 0.538. The van der Waals surface area contributed by atoms with Gasteiger partial charge in [0.1, 0.15) is 0 Å². The quantitative estimate of drug-likeness (QED) is 0.846. The molecule has 1 aliphatic rings. The average Bonchev–Trinajstić information content (AvgIpc) is 2.35. The summed E-state index contributed by atoms with van der Waals surface area (Å²) >= 11 is 0. The molecule has 18 heavy (non-hydrogen) atoms. The number of carbonyl (C=O) groups excluding carboxylic acids is 1. The van der Waals surface area contributed by atoms with Crippen LogP contribution in [0.3, 0.4) is 0 Å². The third-order valence-corrected chi connectivity index (χ3v) is 3.51. The van der Waals surface area contributed by atoms with Gasteiger partial charge in [0.25, 0.3) is 5.91 Å². The van der Waals surface area contributed by atoms with Crippen molar-refractivity contribution in [3.05, 3.63) is 23.6 Å². The van der Waals surface area contributed by atoms with E-state index in [0.717, 1.165) is 25.7 Å². The zero-order chi connectivity index (χ0) is 13.1. The molecule has 0 spiro atoms. The molecule has 0 unspecified atom stereocenters. The normalized spacial score (nSPS) is 23.7. The monoisotopic (exact) mass is 251 g/mol. The van der Waals surface area contributed by atoms with Crippen LogP contribution in [0.2, 0.25) is 0 Å². The highest BCUT2D eigenvalue weighted by atomic mass is 19.1. The summed E-state index contributed by atoms with van der Waals surface area (Å²) in [7, 11) is 0. The highest BCUT2D eigenvalue weighted by molar-refractivity contribution is 5.95. The van der Waals surface area contributed by atoms with Crippen molar-refractivity contribution >= 4 is 11.7 Å². The van der Waals surface area contributed by atoms with Crippen LogP contribution in [0.4, 0.5) is 10.2 Å². The van der Waals surface area contributed by atoms with Crippen LogP contribution in [0, 0.1) is 11.7 Å². The third kappa shape index (κ3) is 2.78. The van der Waals surface area contributed by atoms with Crippen molar-refractivity contribution < 1.29 is 9.18 Å². The summed E-state index contributed by atoms with van der Waals surface area (Å²) in [5.41, 5.74) is 5.32. The third-order valence-electron chi connectivity index (χ3n) is 3.51. The first-order valence-corrected chi connectivity index (χ1v) is 6.28. The number of nitrogens with zero attached hydrogens (tertiary/aromatic N) is 1. The molecule has 0 atom stereocenters. The van der Waals surface area contributed by atoms with E-state index in [9.17, 15) is 9.18 Å². The number of carbonyl (C=O) groups is 1. The molecule has 1 aromatic rings. The van der Waals surface area contributed by atoms with Crippen LogP contribution >= 0.6 is 0 Å². The van der Waals surface area contributed by atoms with E-state index >= 15 is 0 Å². The molecule has 1 fully saturated rings. The lowest BCUT2D eigenvalue weighted by atomic mass is 9.87. The summed E-state index contributed by atoms with van der Waals surface area (Å²) in [6.45, 7) is 2.21. The number of rotatable bonds is 2. The van der Waals surface area contributed by atoms with Crippen molar-refractivity contribution in [2.45, 2.75) is 38.6 Å². The van der Waals surface area contributed by atoms with Gasteiger partial charge in [-0.2, -0.15) is 0 Å². The largest absolute Gasteiger partial charge is 0.381 e. The molecule has 1 amide bonds. The molecule has 0 aromatic carbocycles. The smallest absolute Gasteiger partial charge is 0.254 e. The number of nitrogens with two attached hydrogens (primary N) is 1. The van der Waals surface area contributed by atoms with Crippen LogP contribution in [0.5, 0.6) is 0 Å². The molecule has 1 aromatic heterocycles. The lowest BCUT2D eigenvalue weighted by Gasteiger charge is -2.26. The molecule has 2 rings (SSSR count). The van der Waals surface area contributed by atoms with E-state index in [2.05, 4.69) is 17.2 Å². The molecule has 4 nitrogen and oxygen atoms in total. The number of hydrogen-bond donors (Lipinski definition) is 2. The molecule has 1 heterocycles. The minimum absolute atomic E-state index is 0.0267. The SMILES string of the molecule is CC1CCC(NC(=O)c2ccnc(N)c2F)CC1. The number of pyridine rings is 1. The number of nitrogen functional groups attached to an aromatic ring is 1. The van der Waals surface area contributed by atoms with Crippen molar-refractivity contribution in [2.75, 3.05) is 5.73 Å². The first kappa shape index (κ1) is 12.8. The first-order valence-electron chi connectivity index (χ1n) is 6.28. The van der Waals surface area contributed by atoms with E-state index in [4.69, 9.17) is 5.73 Å². The van der Waals surface area contributed by atoms with E-state index in [0.29, 0.717) is 5.92 Å². The van der Waals surface area contributed by atoms with Crippen molar-refractivity contribution in [3.8, 4) is 0 Å². The second-order valence-corrected chi connectivity index (χ2v) is 4.99. The van der Waals surface area contributed by atoms with Gasteiger partial charge >= 0.3 is 0 Å². The molecule has 98 valence electrons. The maximum absolute atomic E-state index is 13.6. The molecule has 0 saturated heterocycles. The Morgan fingerprint density at radius 3 is 2.78 bits per heavy atom. The molecular weight excluding hydrogens is 233 g/mol. The van der Waals surface area contributed by atoms with Crippen LogP contribution in [0.1, 0.15) is 43.0 Å². The Labute approximate surface area is 106 Å². The highest BCUT2D eigenvalue weighted by Crippen LogP contribution is 2.24. The van der Waals surface area contributed by atoms with Gasteiger partial charge in [0.15, 0.2) is 11.6 Å². The summed E-state index contributed by atoms with van der Waals surface area (Å²) in [4.78, 5) is 15.5. The molecule has 0 aliphatic heterocycles. The van der Waals surface area contributed by atoms with Crippen LogP contribution < -0.4 is 11.1 Å². The Hall–Kier alpha value is -1.65. The van der Waals surface area contributed by atoms with Gasteiger partial charge in [0.05, 0.1) is 5.56 Å². The van der Waals surface area contributed by atoms with Crippen LogP contribution in [0.15, 0.2) is 12.3 Å². The van der Waals surface area contributed by atoms with E-state index < -0.39 is 11.7 Å². The van der Waals surface area contributed by atoms with E-state index in [1.54, 1.807) is 0 Å². The lowest BCUT2D eigenvalue weighted by Crippen LogP contribution is -2.37. The fourth-order valence-corrected chi connectivity index (χ4v) is 2.30. The van der Waals surface area contributed by atoms with Gasteiger partial charge in [-0.25, -0.2) is 9.37 Å². The molecule has 0 bridgehead atoms. The van der Waals surface area contributed by atoms with Crippen LogP contribution in [-0.4, -0.2) is 16.9 Å². The van der Waals surface area contributed by atoms with Crippen molar-refractivity contribution in [1.29, 1.82) is 0 Å². The van der Waals surface area contributed by atoms with Gasteiger partial charge in [-0.05, 0) is 37.7 Å². The Kier molecular flexibility index (Phi) is 3.79. The maximum atomic E-state index is 13.6. The molecule has 0 radical (unpaired) electrons. The standard InChI is InChI=1S/C13H18FN3O/c1-8-2-4-9(5-3-8)17-13(18)10-6-7-16-12(15)11(10)14/h6-9H,2-5H2,1H3,(H2,15,16)(H,17,18). The average molecular weight is 251 g/mol. The Morgan fingerprint density at radius 1 is 1.44 bits per heavy atom. The summed E-state index contributed by atoms with van der Waals surface area (Å²) in [6, 6.07) is 1.49.